The van der Waals surface area contributed by atoms with Crippen molar-refractivity contribution in [1.29, 1.82) is 0 Å². The van der Waals surface area contributed by atoms with E-state index in [1.165, 1.54) is 120 Å². The van der Waals surface area contributed by atoms with Gasteiger partial charge >= 0.3 is 11.9 Å². The van der Waals surface area contributed by atoms with Crippen LogP contribution in [-0.4, -0.2) is 23.4 Å². The highest BCUT2D eigenvalue weighted by molar-refractivity contribution is 7.16. The molecule has 2 aromatic heterocycles. The fraction of sp³-hybridized carbons (Fsp3) is 0.298. The molecule has 0 saturated heterocycles. The molecule has 4 aromatic carbocycles. The third-order valence-corrected chi connectivity index (χ3v) is 15.3. The SMILES string of the molecule is CCCCCCCCC1(CCCCCCCC)c2cc(-c3ccc(/C=C4\C(=O)ON=C4c4ccccc4)s3)ccc2-c2ccc(-c3ccc(/C=C4\C(=O)ON=C4c4ccccc4)s3)cc21. The molecule has 0 spiro atoms. The number of benzene rings is 4. The summed E-state index contributed by atoms with van der Waals surface area (Å²) in [5.74, 6) is -0.854. The topological polar surface area (TPSA) is 77.3 Å². The molecule has 1 aliphatic carbocycles. The Kier molecular flexibility index (Phi) is 13.9. The van der Waals surface area contributed by atoms with Crippen LogP contribution in [0.25, 0.3) is 44.2 Å². The number of fused-ring (bicyclic) bond motifs is 3. The summed E-state index contributed by atoms with van der Waals surface area (Å²) in [6.07, 6.45) is 21.1. The first-order valence-corrected chi connectivity index (χ1v) is 25.2. The predicted molar refractivity (Wildman–Crippen MR) is 269 cm³/mol. The molecule has 330 valence electrons. The van der Waals surface area contributed by atoms with E-state index >= 15 is 0 Å². The summed E-state index contributed by atoms with van der Waals surface area (Å²) in [5.41, 5.74) is 11.6. The molecule has 65 heavy (non-hydrogen) atoms. The quantitative estimate of drug-likeness (QED) is 0.0434. The summed E-state index contributed by atoms with van der Waals surface area (Å²) in [7, 11) is 0. The maximum atomic E-state index is 12.9. The largest absolute Gasteiger partial charge is 0.368 e. The normalized spacial score (nSPS) is 16.2. The van der Waals surface area contributed by atoms with Crippen LogP contribution in [0.2, 0.25) is 0 Å². The van der Waals surface area contributed by atoms with Crippen molar-refractivity contribution in [3.05, 3.63) is 164 Å². The molecule has 3 aliphatic rings. The van der Waals surface area contributed by atoms with Crippen molar-refractivity contribution in [2.45, 2.75) is 109 Å². The van der Waals surface area contributed by atoms with Gasteiger partial charge in [-0.2, -0.15) is 0 Å². The highest BCUT2D eigenvalue weighted by atomic mass is 32.1. The minimum absolute atomic E-state index is 0.125. The number of nitrogens with zero attached hydrogens (tertiary/aromatic N) is 2. The van der Waals surface area contributed by atoms with Gasteiger partial charge < -0.3 is 9.68 Å². The zero-order valence-corrected chi connectivity index (χ0v) is 39.1. The molecule has 6 nitrogen and oxygen atoms in total. The molecule has 4 heterocycles. The van der Waals surface area contributed by atoms with Gasteiger partial charge in [-0.1, -0.05) is 186 Å². The van der Waals surface area contributed by atoms with Crippen molar-refractivity contribution in [2.24, 2.45) is 10.3 Å². The van der Waals surface area contributed by atoms with Crippen molar-refractivity contribution < 1.29 is 19.3 Å². The Labute approximate surface area is 391 Å². The molecule has 0 bridgehead atoms. The first kappa shape index (κ1) is 44.3. The maximum Gasteiger partial charge on any atom is 0.368 e. The molecule has 0 N–H and O–H groups in total. The van der Waals surface area contributed by atoms with Gasteiger partial charge in [0.25, 0.3) is 0 Å². The molecule has 0 radical (unpaired) electrons. The number of carbonyl (C=O) groups excluding carboxylic acids is 2. The van der Waals surface area contributed by atoms with Crippen molar-refractivity contribution in [2.75, 3.05) is 0 Å². The Morgan fingerprint density at radius 2 is 0.892 bits per heavy atom. The number of unbranched alkanes of at least 4 members (excludes halogenated alkanes) is 10. The van der Waals surface area contributed by atoms with Crippen LogP contribution in [-0.2, 0) is 24.7 Å². The van der Waals surface area contributed by atoms with Crippen molar-refractivity contribution in [3.8, 4) is 32.0 Å². The Bertz CT molecular complexity index is 2600. The zero-order chi connectivity index (χ0) is 44.6. The van der Waals surface area contributed by atoms with E-state index in [1.807, 2.05) is 72.8 Å². The summed E-state index contributed by atoms with van der Waals surface area (Å²) in [6.45, 7) is 4.57. The number of hydrogen-bond donors (Lipinski definition) is 0. The van der Waals surface area contributed by atoms with Crippen molar-refractivity contribution >= 4 is 58.2 Å². The lowest BCUT2D eigenvalue weighted by atomic mass is 9.70. The Balaban J connectivity index is 1.07. The first-order chi connectivity index (χ1) is 32.0. The Morgan fingerprint density at radius 1 is 0.477 bits per heavy atom. The highest BCUT2D eigenvalue weighted by Crippen LogP contribution is 2.56. The van der Waals surface area contributed by atoms with E-state index in [0.717, 1.165) is 33.7 Å². The van der Waals surface area contributed by atoms with Gasteiger partial charge in [-0.05, 0) is 94.8 Å². The number of thiophene rings is 2. The molecule has 0 saturated carbocycles. The molecule has 2 aliphatic heterocycles. The Morgan fingerprint density at radius 3 is 1.32 bits per heavy atom. The van der Waals surface area contributed by atoms with E-state index in [-0.39, 0.29) is 5.41 Å². The second kappa shape index (κ2) is 20.5. The second-order valence-electron chi connectivity index (χ2n) is 17.5. The second-order valence-corrected chi connectivity index (χ2v) is 19.8. The monoisotopic (exact) mass is 896 g/mol. The smallest absolute Gasteiger partial charge is 0.312 e. The third kappa shape index (κ3) is 9.57. The number of carbonyl (C=O) groups is 2. The van der Waals surface area contributed by atoms with Crippen LogP contribution in [0, 0.1) is 0 Å². The van der Waals surface area contributed by atoms with E-state index < -0.39 is 11.9 Å². The van der Waals surface area contributed by atoms with E-state index in [2.05, 4.69) is 84.8 Å². The van der Waals surface area contributed by atoms with Crippen LogP contribution in [0.3, 0.4) is 0 Å². The molecule has 9 rings (SSSR count). The minimum Gasteiger partial charge on any atom is -0.312 e. The maximum absolute atomic E-state index is 12.9. The molecule has 8 heteroatoms. The average Bonchev–Trinajstić information content (AvgIpc) is 4.19. The summed E-state index contributed by atoms with van der Waals surface area (Å²) >= 11 is 3.39. The van der Waals surface area contributed by atoms with Gasteiger partial charge in [0, 0.05) is 36.1 Å². The standard InChI is InChI=1S/C57H56N2O4S2/c1-3-5-7-9-11-19-33-57(34-20-12-10-8-6-4-2)49-35-41(51-31-27-43(64-51)37-47-53(58-62-55(47)60)39-21-15-13-16-22-39)25-29-45(49)46-30-26-42(36-50(46)57)52-32-28-44(65-52)38-48-54(59-63-56(48)61)40-23-17-14-18-24-40/h13-18,21-32,35-38H,3-12,19-20,33-34H2,1-2H3/b47-37-,48-38-. The fourth-order valence-electron chi connectivity index (χ4n) is 9.76. The molecule has 0 unspecified atom stereocenters. The molecule has 0 fully saturated rings. The van der Waals surface area contributed by atoms with E-state index in [4.69, 9.17) is 9.68 Å². The van der Waals surface area contributed by atoms with Gasteiger partial charge in [-0.3, -0.25) is 0 Å². The summed E-state index contributed by atoms with van der Waals surface area (Å²) in [5, 5.41) is 8.28. The lowest BCUT2D eigenvalue weighted by molar-refractivity contribution is -0.137. The summed E-state index contributed by atoms with van der Waals surface area (Å²) in [4.78, 5) is 40.4. The van der Waals surface area contributed by atoms with Crippen LogP contribution < -0.4 is 0 Å². The number of rotatable bonds is 20. The summed E-state index contributed by atoms with van der Waals surface area (Å²) in [6, 6.07) is 42.3. The third-order valence-electron chi connectivity index (χ3n) is 13.2. The van der Waals surface area contributed by atoms with Gasteiger partial charge in [-0.25, -0.2) is 9.59 Å². The molecular formula is C57H56N2O4S2. The van der Waals surface area contributed by atoms with Gasteiger partial charge in [0.1, 0.15) is 11.4 Å². The summed E-state index contributed by atoms with van der Waals surface area (Å²) < 4.78 is 0. The molecule has 0 amide bonds. The zero-order valence-electron chi connectivity index (χ0n) is 37.4. The predicted octanol–water partition coefficient (Wildman–Crippen LogP) is 15.6. The van der Waals surface area contributed by atoms with Crippen LogP contribution >= 0.6 is 22.7 Å². The average molecular weight is 897 g/mol. The van der Waals surface area contributed by atoms with Gasteiger partial charge in [-0.15, -0.1) is 22.7 Å². The van der Waals surface area contributed by atoms with E-state index in [9.17, 15) is 9.59 Å². The fourth-order valence-corrected chi connectivity index (χ4v) is 11.7. The van der Waals surface area contributed by atoms with Crippen LogP contribution in [0.5, 0.6) is 0 Å². The van der Waals surface area contributed by atoms with Crippen LogP contribution in [0.1, 0.15) is 136 Å². The minimum atomic E-state index is -0.427. The highest BCUT2D eigenvalue weighted by Gasteiger charge is 2.43. The van der Waals surface area contributed by atoms with Gasteiger partial charge in [0.2, 0.25) is 0 Å². The molecule has 0 atom stereocenters. The number of oxime groups is 2. The van der Waals surface area contributed by atoms with Crippen molar-refractivity contribution in [3.63, 3.8) is 0 Å². The first-order valence-electron chi connectivity index (χ1n) is 23.6. The lowest BCUT2D eigenvalue weighted by Gasteiger charge is -2.33. The van der Waals surface area contributed by atoms with Crippen LogP contribution in [0.15, 0.2) is 143 Å². The number of hydrogen-bond acceptors (Lipinski definition) is 8. The van der Waals surface area contributed by atoms with Crippen LogP contribution in [0.4, 0.5) is 0 Å². The Hall–Kier alpha value is -5.96. The van der Waals surface area contributed by atoms with E-state index in [1.54, 1.807) is 22.7 Å². The van der Waals surface area contributed by atoms with Gasteiger partial charge in [0.05, 0.1) is 11.1 Å². The van der Waals surface area contributed by atoms with Crippen molar-refractivity contribution in [1.82, 2.24) is 0 Å². The molecule has 6 aromatic rings. The molecular weight excluding hydrogens is 841 g/mol. The van der Waals surface area contributed by atoms with E-state index in [0.29, 0.717) is 22.6 Å². The van der Waals surface area contributed by atoms with Gasteiger partial charge in [0.15, 0.2) is 0 Å². The lowest BCUT2D eigenvalue weighted by Crippen LogP contribution is -2.25.